The Morgan fingerprint density at radius 3 is 1.10 bits per heavy atom. The van der Waals surface area contributed by atoms with E-state index in [1.807, 2.05) is 0 Å². The molecule has 3 aliphatic heterocycles. The van der Waals surface area contributed by atoms with Crippen LogP contribution in [0.1, 0.15) is 55.6 Å². The number of non-ortho nitro benzene ring substituents is 1. The van der Waals surface area contributed by atoms with Gasteiger partial charge in [-0.3, -0.25) is 0 Å². The van der Waals surface area contributed by atoms with Gasteiger partial charge in [-0.2, -0.15) is 0 Å². The minimum atomic E-state index is -4.65. The molecule has 0 saturated carbocycles. The molecular formula is C82H50GeN2O4. The normalized spacial score (nSPS) is 15.1. The summed E-state index contributed by atoms with van der Waals surface area (Å²) in [5.41, 5.74) is 28.3. The number of anilines is 3. The van der Waals surface area contributed by atoms with Crippen LogP contribution in [-0.2, 0) is 10.8 Å². The monoisotopic (exact) mass is 1200 g/mol. The summed E-state index contributed by atoms with van der Waals surface area (Å²) in [6, 6.07) is 98.0. The van der Waals surface area contributed by atoms with Crippen molar-refractivity contribution in [3.63, 3.8) is 0 Å². The first-order valence-corrected chi connectivity index (χ1v) is 34.8. The van der Waals surface area contributed by atoms with Crippen molar-refractivity contribution in [2.24, 2.45) is 0 Å². The number of rotatable bonds is 5. The summed E-state index contributed by atoms with van der Waals surface area (Å²) < 4.78 is 19.9. The summed E-state index contributed by atoms with van der Waals surface area (Å²) in [4.78, 5) is 14.9. The second-order valence-electron chi connectivity index (χ2n) is 25.0. The maximum absolute atomic E-state index is 12.8. The van der Waals surface area contributed by atoms with E-state index in [-0.39, 0.29) is 10.6 Å². The molecule has 0 atom stereocenters. The summed E-state index contributed by atoms with van der Waals surface area (Å²) in [7, 11) is 0. The van der Waals surface area contributed by atoms with Gasteiger partial charge in [-0.15, -0.1) is 0 Å². The summed E-state index contributed by atoms with van der Waals surface area (Å²) >= 11 is -4.65. The molecule has 2 spiro atoms. The first kappa shape index (κ1) is 49.3. The van der Waals surface area contributed by atoms with Crippen molar-refractivity contribution < 1.29 is 14.4 Å². The number of nitro benzene ring substituents is 1. The number of ether oxygens (including phenoxy) is 2. The fourth-order valence-electron chi connectivity index (χ4n) is 17.6. The molecule has 4 aliphatic carbocycles. The third-order valence-electron chi connectivity index (χ3n) is 20.9. The fourth-order valence-corrected chi connectivity index (χ4v) is 29.1. The fraction of sp³-hybridized carbons (Fsp3) is 0.0488. The average Bonchev–Trinajstić information content (AvgIpc) is 1.43. The quantitative estimate of drug-likeness (QED) is 0.0976. The van der Waals surface area contributed by atoms with Crippen molar-refractivity contribution in [2.45, 2.75) is 24.7 Å². The zero-order chi connectivity index (χ0) is 58.8. The Labute approximate surface area is 516 Å². The van der Waals surface area contributed by atoms with Crippen LogP contribution in [0.5, 0.6) is 23.0 Å². The maximum atomic E-state index is 12.8. The van der Waals surface area contributed by atoms with Gasteiger partial charge in [-0.05, 0) is 0 Å². The first-order valence-electron chi connectivity index (χ1n) is 30.6. The Hall–Kier alpha value is -10.8. The van der Waals surface area contributed by atoms with E-state index in [1.165, 1.54) is 89.0 Å². The van der Waals surface area contributed by atoms with E-state index in [4.69, 9.17) is 9.47 Å². The molecule has 7 heteroatoms. The van der Waals surface area contributed by atoms with Crippen LogP contribution in [0.2, 0.25) is 0 Å². The number of aryl methyl sites for hydroxylation is 2. The number of fused-ring (bicyclic) bond motifs is 20. The summed E-state index contributed by atoms with van der Waals surface area (Å²) in [6.07, 6.45) is 0. The van der Waals surface area contributed by atoms with Crippen LogP contribution >= 0.6 is 0 Å². The van der Waals surface area contributed by atoms with Crippen molar-refractivity contribution >= 4 is 53.6 Å². The number of nitro groups is 1. The average molecular weight is 1200 g/mol. The van der Waals surface area contributed by atoms with Crippen molar-refractivity contribution in [3.05, 3.63) is 333 Å². The second kappa shape index (κ2) is 17.3. The third-order valence-corrected chi connectivity index (χ3v) is 31.2. The van der Waals surface area contributed by atoms with Gasteiger partial charge in [0.25, 0.3) is 0 Å². The van der Waals surface area contributed by atoms with E-state index in [2.05, 4.69) is 274 Å². The molecule has 0 amide bonds. The summed E-state index contributed by atoms with van der Waals surface area (Å²) in [5, 5.41) is 12.8. The third kappa shape index (κ3) is 5.94. The molecule has 6 nitrogen and oxygen atoms in total. The van der Waals surface area contributed by atoms with E-state index in [1.54, 1.807) is 12.1 Å². The van der Waals surface area contributed by atoms with Gasteiger partial charge in [-0.1, -0.05) is 0 Å². The molecule has 89 heavy (non-hydrogen) atoms. The van der Waals surface area contributed by atoms with Crippen molar-refractivity contribution in [3.8, 4) is 89.8 Å². The minimum absolute atomic E-state index is 0.0454. The van der Waals surface area contributed by atoms with Gasteiger partial charge in [0.05, 0.1) is 0 Å². The molecule has 13 aromatic rings. The molecule has 20 rings (SSSR count). The summed E-state index contributed by atoms with van der Waals surface area (Å²) in [5.74, 6) is 3.13. The van der Waals surface area contributed by atoms with Crippen LogP contribution in [0, 0.1) is 24.0 Å². The Morgan fingerprint density at radius 1 is 0.360 bits per heavy atom. The van der Waals surface area contributed by atoms with E-state index < -0.39 is 24.1 Å². The van der Waals surface area contributed by atoms with Crippen LogP contribution in [-0.4, -0.2) is 18.2 Å². The molecule has 0 radical (unpaired) electrons. The molecular weight excluding hydrogens is 1150 g/mol. The standard InChI is InChI=1S/C82H50GeN2O4/c1-47-27-33-52(34-28-47)84-72-41-39-54(49-29-37-62-60-19-7-13-25-68(60)81(70(62)45-49)64-21-9-3-15-56(64)57-16-4-10-22-65(57)81)79-76(72)83(51-31-35-53(36-32-51)85(86)87)77-73(84)42-40-55(80(77)89-75-44-48(2)43-74(88-79)78(75)83)50-30-38-63-61-20-8-14-26-69(61)82(71(63)46-50)66-23-11-5-17-58(66)59-18-6-12-24-67(59)82/h3-46H,1-2H3. The molecule has 0 aromatic heterocycles. The molecule has 13 aromatic carbocycles. The van der Waals surface area contributed by atoms with Crippen LogP contribution in [0.15, 0.2) is 267 Å². The van der Waals surface area contributed by atoms with Crippen molar-refractivity contribution in [1.29, 1.82) is 0 Å². The second-order valence-corrected chi connectivity index (χ2v) is 32.5. The van der Waals surface area contributed by atoms with Crippen LogP contribution < -0.4 is 32.0 Å². The van der Waals surface area contributed by atoms with Crippen LogP contribution in [0.25, 0.3) is 66.8 Å². The Morgan fingerprint density at radius 2 is 0.719 bits per heavy atom. The van der Waals surface area contributed by atoms with Gasteiger partial charge in [0.15, 0.2) is 0 Å². The molecule has 0 fully saturated rings. The van der Waals surface area contributed by atoms with Gasteiger partial charge >= 0.3 is 520 Å². The van der Waals surface area contributed by atoms with Crippen LogP contribution in [0.3, 0.4) is 0 Å². The van der Waals surface area contributed by atoms with E-state index in [0.29, 0.717) is 0 Å². The first-order chi connectivity index (χ1) is 43.8. The number of benzene rings is 13. The molecule has 416 valence electrons. The Kier molecular flexibility index (Phi) is 9.56. The zero-order valence-electron chi connectivity index (χ0n) is 48.4. The Balaban J connectivity index is 0.887. The number of hydrogen-bond donors (Lipinski definition) is 0. The van der Waals surface area contributed by atoms with Crippen molar-refractivity contribution in [2.75, 3.05) is 4.90 Å². The predicted octanol–water partition coefficient (Wildman–Crippen LogP) is 17.6. The summed E-state index contributed by atoms with van der Waals surface area (Å²) in [6.45, 7) is 4.26. The zero-order valence-corrected chi connectivity index (χ0v) is 50.5. The van der Waals surface area contributed by atoms with E-state index in [0.717, 1.165) is 91.0 Å². The Bertz CT molecular complexity index is 5010. The molecule has 0 saturated heterocycles. The van der Waals surface area contributed by atoms with E-state index in [9.17, 15) is 10.1 Å². The molecule has 0 N–H and O–H groups in total. The van der Waals surface area contributed by atoms with Crippen LogP contribution in [0.4, 0.5) is 22.7 Å². The topological polar surface area (TPSA) is 64.8 Å². The van der Waals surface area contributed by atoms with Gasteiger partial charge < -0.3 is 0 Å². The van der Waals surface area contributed by atoms with E-state index >= 15 is 0 Å². The number of hydrogen-bond acceptors (Lipinski definition) is 5. The predicted molar refractivity (Wildman–Crippen MR) is 358 cm³/mol. The molecule has 7 aliphatic rings. The van der Waals surface area contributed by atoms with Gasteiger partial charge in [0, 0.05) is 0 Å². The van der Waals surface area contributed by atoms with Gasteiger partial charge in [-0.25, -0.2) is 0 Å². The molecule has 3 heterocycles. The number of nitrogens with zero attached hydrogens (tertiary/aromatic N) is 2. The molecule has 0 bridgehead atoms. The van der Waals surface area contributed by atoms with Gasteiger partial charge in [0.2, 0.25) is 0 Å². The van der Waals surface area contributed by atoms with Crippen molar-refractivity contribution in [1.82, 2.24) is 0 Å². The molecule has 0 unspecified atom stereocenters. The SMILES string of the molecule is Cc1ccc(N2c3ccc(-c4ccc5c(c4)C4(c6ccccc6-c6ccccc64)c4ccccc4-5)c4[c]3[Ge]3([c]5ccc([N+](=O)[O-])cc5)[c]5c(cc(C)cc5Oc5c(-c6ccc7c(c6)C6(c8ccccc8-c8ccccc86)c6ccccc6-7)ccc2[c]53)O4)cc1. The van der Waals surface area contributed by atoms with Gasteiger partial charge in [0.1, 0.15) is 0 Å².